The number of likely N-dealkylation sites (N-methyl/N-ethyl adjacent to an activating group) is 1. The summed E-state index contributed by atoms with van der Waals surface area (Å²) >= 11 is 6.89. The second-order valence-electron chi connectivity index (χ2n) is 31.5. The van der Waals surface area contributed by atoms with E-state index in [1.807, 2.05) is 13.0 Å². The van der Waals surface area contributed by atoms with Crippen molar-refractivity contribution in [3.63, 3.8) is 0 Å². The van der Waals surface area contributed by atoms with Crippen molar-refractivity contribution >= 4 is 148 Å². The number of phenolic OH excluding ortho intramolecular Hbond substituents is 1. The van der Waals surface area contributed by atoms with Gasteiger partial charge in [-0.15, -0.1) is 0 Å². The normalized spacial score (nSPS) is 26.1. The summed E-state index contributed by atoms with van der Waals surface area (Å²) in [5.41, 5.74) is 12.6. The highest BCUT2D eigenvalue weighted by atomic mass is 35.5. The SMILES string of the molecule is COc1cc2cc(c1Cl)N(C)C(=O)C[C@H](OC(=O)[C@H](C)N(C)C(=O)CCSSC[C@@H](NC(=O)[C@@H]1CSSC[C@H](NC(=O)[C@@H](Cc3ccccc3)NC(C)=O)C(=O)N[C@@H](Cc3ccc(O)cc3)C(=O)N[C@H](Cc3c[nH]c4ccccc34)C(=O)N[C@@H](CCCCN)C(=O)N[C@@H]([C@@H](C)O)C(=O)N1)C(N)=O)[C@]1(C)O[C@H]1[C@H](C)[C@@H]1C[C@@](O)(NC(=O)O1)[C@H](OC)/C=C/C=C(\C)C2. The molecule has 4 aromatic carbocycles. The highest BCUT2D eigenvalue weighted by molar-refractivity contribution is 8.77. The van der Waals surface area contributed by atoms with Gasteiger partial charge in [0.2, 0.25) is 65.0 Å². The number of unbranched alkanes of at least 4 members (excludes halogenated alkanes) is 1. The molecule has 40 heteroatoms. The number of benzene rings is 4. The zero-order chi connectivity index (χ0) is 91.1. The Morgan fingerprint density at radius 2 is 1.50 bits per heavy atom. The van der Waals surface area contributed by atoms with Gasteiger partial charge in [-0.3, -0.25) is 58.1 Å². The van der Waals surface area contributed by atoms with E-state index in [0.717, 1.165) is 53.6 Å². The smallest absolute Gasteiger partial charge is 0.409 e. The van der Waals surface area contributed by atoms with Gasteiger partial charge in [-0.05, 0) is 113 Å². The number of anilines is 1. The summed E-state index contributed by atoms with van der Waals surface area (Å²) in [6, 6.07) is 11.5. The Morgan fingerprint density at radius 1 is 0.824 bits per heavy atom. The molecule has 35 nitrogen and oxygen atoms in total. The van der Waals surface area contributed by atoms with Crippen molar-refractivity contribution in [3.8, 4) is 11.5 Å². The Hall–Kier alpha value is -10.1. The minimum atomic E-state index is -1.96. The van der Waals surface area contributed by atoms with Crippen molar-refractivity contribution in [3.05, 3.63) is 148 Å². The maximum Gasteiger partial charge on any atom is 0.409 e. The Bertz CT molecular complexity index is 4760. The topological polar surface area (TPSA) is 515 Å². The molecule has 4 aliphatic heterocycles. The molecule has 3 fully saturated rings. The second-order valence-corrected chi connectivity index (χ2v) is 37.0. The summed E-state index contributed by atoms with van der Waals surface area (Å²) in [5.74, 6) is -11.7. The van der Waals surface area contributed by atoms with Crippen LogP contribution in [0.25, 0.3) is 10.9 Å². The largest absolute Gasteiger partial charge is 0.508 e. The maximum absolute atomic E-state index is 15.2. The van der Waals surface area contributed by atoms with Crippen molar-refractivity contribution in [2.75, 3.05) is 62.8 Å². The van der Waals surface area contributed by atoms with Gasteiger partial charge in [-0.2, -0.15) is 0 Å². The molecule has 125 heavy (non-hydrogen) atoms. The number of methoxy groups -OCH3 is 2. The summed E-state index contributed by atoms with van der Waals surface area (Å²) in [6.45, 7) is 9.24. The lowest BCUT2D eigenvalue weighted by Crippen LogP contribution is -2.63. The minimum Gasteiger partial charge on any atom is -0.508 e. The quantitative estimate of drug-likeness (QED) is 0.0147. The first kappa shape index (κ1) is 98.7. The highest BCUT2D eigenvalue weighted by Crippen LogP contribution is 2.49. The molecule has 0 unspecified atom stereocenters. The van der Waals surface area contributed by atoms with E-state index in [4.69, 9.17) is 46.8 Å². The molecule has 12 amide bonds. The number of halogens is 1. The van der Waals surface area contributed by atoms with Crippen molar-refractivity contribution in [2.45, 2.75) is 202 Å². The Labute approximate surface area is 744 Å². The first-order chi connectivity index (χ1) is 59.4. The number of nitrogens with two attached hydrogens (primary N) is 2. The number of fused-ring (bicyclic) bond motifs is 6. The number of rotatable bonds is 28. The van der Waals surface area contributed by atoms with E-state index < -0.39 is 191 Å². The number of aromatic nitrogens is 1. The summed E-state index contributed by atoms with van der Waals surface area (Å²) < 4.78 is 29.7. The molecule has 17 atom stereocenters. The fraction of sp³-hybridized carbons (Fsp3) is 0.494. The number of esters is 1. The zero-order valence-corrected chi connectivity index (χ0v) is 75.0. The molecular formula is C85H111ClN14O21S4. The Morgan fingerprint density at radius 3 is 2.18 bits per heavy atom. The first-order valence-electron chi connectivity index (χ1n) is 40.7. The molecular weight excluding hydrogens is 1720 g/mol. The van der Waals surface area contributed by atoms with Gasteiger partial charge >= 0.3 is 12.1 Å². The van der Waals surface area contributed by atoms with Gasteiger partial charge in [0.15, 0.2) is 5.72 Å². The van der Waals surface area contributed by atoms with Crippen LogP contribution in [0.1, 0.15) is 102 Å². The van der Waals surface area contributed by atoms with Gasteiger partial charge in [0.1, 0.15) is 94.8 Å². The number of phenols is 1. The number of carbonyl (C=O) groups excluding carboxylic acids is 13. The van der Waals surface area contributed by atoms with Crippen molar-refractivity contribution < 1.29 is 101 Å². The number of para-hydroxylation sites is 1. The number of carbonyl (C=O) groups is 13. The summed E-state index contributed by atoms with van der Waals surface area (Å²) in [5, 5.41) is 58.3. The predicted octanol–water partition coefficient (Wildman–Crippen LogP) is 3.49. The van der Waals surface area contributed by atoms with Gasteiger partial charge < -0.3 is 108 Å². The predicted molar refractivity (Wildman–Crippen MR) is 474 cm³/mol. The molecule has 0 aliphatic carbocycles. The molecule has 678 valence electrons. The van der Waals surface area contributed by atoms with Gasteiger partial charge in [0, 0.05) is 106 Å². The highest BCUT2D eigenvalue weighted by Gasteiger charge is 2.65. The number of hydrogen-bond donors (Lipinski definition) is 15. The molecule has 1 aromatic heterocycles. The number of alkyl carbamates (subject to hydrolysis) is 1. The molecule has 5 aromatic rings. The molecule has 0 saturated carbocycles. The van der Waals surface area contributed by atoms with Gasteiger partial charge in [-0.1, -0.05) is 146 Å². The lowest BCUT2D eigenvalue weighted by atomic mass is 9.83. The number of amides is 12. The third-order valence-corrected chi connectivity index (χ3v) is 27.3. The number of epoxide rings is 1. The van der Waals surface area contributed by atoms with Crippen LogP contribution in [0.4, 0.5) is 10.5 Å². The molecule has 17 N–H and O–H groups in total. The third kappa shape index (κ3) is 27.2. The van der Waals surface area contributed by atoms with Gasteiger partial charge in [0.25, 0.3) is 0 Å². The average molecular weight is 1830 g/mol. The number of hydrogen-bond acceptors (Lipinski definition) is 26. The van der Waals surface area contributed by atoms with Crippen LogP contribution < -0.4 is 69.0 Å². The van der Waals surface area contributed by atoms with Crippen LogP contribution in [0.2, 0.25) is 5.02 Å². The number of aliphatic hydroxyl groups excluding tert-OH is 1. The van der Waals surface area contributed by atoms with E-state index in [1.165, 1.54) is 78.3 Å². The lowest BCUT2D eigenvalue weighted by molar-refractivity contribution is -0.162. The zero-order valence-electron chi connectivity index (χ0n) is 71.0. The van der Waals surface area contributed by atoms with Gasteiger partial charge in [-0.25, -0.2) is 9.59 Å². The number of aromatic hydroxyl groups is 1. The number of nitrogens with zero attached hydrogens (tertiary/aromatic N) is 2. The van der Waals surface area contributed by atoms with E-state index in [1.54, 1.807) is 98.9 Å². The van der Waals surface area contributed by atoms with E-state index in [-0.39, 0.29) is 91.0 Å². The van der Waals surface area contributed by atoms with Crippen LogP contribution >= 0.6 is 54.8 Å². The van der Waals surface area contributed by atoms with E-state index >= 15 is 14.4 Å². The third-order valence-electron chi connectivity index (χ3n) is 22.1. The van der Waals surface area contributed by atoms with Crippen LogP contribution in [0, 0.1) is 5.92 Å². The van der Waals surface area contributed by atoms with Crippen LogP contribution in [0.3, 0.4) is 0 Å². The van der Waals surface area contributed by atoms with Crippen LogP contribution in [0.5, 0.6) is 11.5 Å². The van der Waals surface area contributed by atoms with E-state index in [2.05, 4.69) is 52.8 Å². The number of allylic oxidation sites excluding steroid dienone is 3. The summed E-state index contributed by atoms with van der Waals surface area (Å²) in [4.78, 5) is 192. The molecule has 4 bridgehead atoms. The van der Waals surface area contributed by atoms with E-state index in [0.29, 0.717) is 46.0 Å². The number of ether oxygens (including phenoxy) is 5. The molecule has 0 spiro atoms. The fourth-order valence-electron chi connectivity index (χ4n) is 14.6. The lowest BCUT2D eigenvalue weighted by Gasteiger charge is -2.42. The minimum absolute atomic E-state index is 0.0315. The second kappa shape index (κ2) is 45.9. The summed E-state index contributed by atoms with van der Waals surface area (Å²) in [7, 11) is 9.62. The number of aliphatic hydroxyl groups is 2. The number of aromatic amines is 1. The van der Waals surface area contributed by atoms with Crippen molar-refractivity contribution in [2.24, 2.45) is 17.4 Å². The van der Waals surface area contributed by atoms with Crippen LogP contribution in [-0.4, -0.2) is 256 Å². The van der Waals surface area contributed by atoms with Crippen molar-refractivity contribution in [1.82, 2.24) is 57.7 Å². The monoisotopic (exact) mass is 1830 g/mol. The molecule has 5 heterocycles. The molecule has 9 rings (SSSR count). The molecule has 0 radical (unpaired) electrons. The standard InChI is InChI=1S/C85H111ClN14O21S4/c1-45-19-18-25-67(118-10)85(116)40-66(119-83(115)98-85)46(2)73-84(6,121-73)68(39-70(105)100(8)64-36-52(33-45)37-65(117-9)71(64)86)120-82(114)47(3)99(7)69(104)30-32-122-123-42-61(74(88)106)94-80(112)63-44-125-124-43-62(95-76(108)58(90-49(5)102)34-50-20-12-11-13-21-50)79(111)92-59(35-51-26-28-54(103)29-27-51)77(109)93-60(38-53-41-89-56-23-15-14-22-55(53)56)78(110)91-57(24-16-17-31-87)75(107)97-72(48(4)101)81(113)96-63/h11-15,18-23,25-29,36-37,41,46-48,57-63,66-68,72-73,89,101,103,116H,16-17,24,30-35,38-40,42-44,87H2,1-10H3,(H2,88,106)(H,90,102)(H,91,110)(H,92,111)(H,93,109)(H,94,112)(H,95,108)(H,96,113)(H,97,107)(H,98,115)/b25-18+,45-19+/t46-,47+,48-,57+,58-,59+,60-,61-,62+,63+,66+,67-,68+,72+,73+,84+,85+/m1/s1. The fourth-order valence-corrected chi connectivity index (χ4v) is 19.4. The van der Waals surface area contributed by atoms with Crippen LogP contribution in [-0.2, 0) is 102 Å². The number of H-pyrrole nitrogens is 1. The maximum atomic E-state index is 15.2. The van der Waals surface area contributed by atoms with Crippen LogP contribution in [0.15, 0.2) is 121 Å². The molecule has 3 saturated heterocycles. The number of nitrogens with one attached hydrogen (secondary N) is 10. The Kier molecular flexibility index (Phi) is 36.2. The average Bonchev–Trinajstić information content (AvgIpc) is 1.57. The van der Waals surface area contributed by atoms with Crippen molar-refractivity contribution in [1.29, 1.82) is 0 Å². The first-order valence-corrected chi connectivity index (χ1v) is 46.1. The summed E-state index contributed by atoms with van der Waals surface area (Å²) in [6.07, 6.45) is -0.534. The van der Waals surface area contributed by atoms with Gasteiger partial charge in [0.05, 0.1) is 31.4 Å². The molecule has 4 aliphatic rings. The number of primary amides is 1. The Balaban J connectivity index is 0.925. The van der Waals surface area contributed by atoms with E-state index in [9.17, 15) is 63.3 Å².